The number of H-pyrrole nitrogens is 1. The molecule has 0 amide bonds. The molecule has 0 unspecified atom stereocenters. The molecule has 5 nitrogen and oxygen atoms in total. The molecular weight excluding hydrogens is 364 g/mol. The summed E-state index contributed by atoms with van der Waals surface area (Å²) in [5.41, 5.74) is 6.02. The Morgan fingerprint density at radius 1 is 0.862 bits per heavy atom. The number of nitrogens with zero attached hydrogens (tertiary/aromatic N) is 1. The number of pyridine rings is 2. The minimum atomic E-state index is -0.223. The number of fused-ring (bicyclic) bond motifs is 1. The third-order valence-electron chi connectivity index (χ3n) is 5.09. The van der Waals surface area contributed by atoms with Gasteiger partial charge in [0.05, 0.1) is 19.7 Å². The number of aromatic amines is 1. The summed E-state index contributed by atoms with van der Waals surface area (Å²) in [6.07, 6.45) is 1.84. The average molecular weight is 386 g/mol. The van der Waals surface area contributed by atoms with E-state index in [1.165, 1.54) is 12.7 Å². The molecule has 5 heteroatoms. The van der Waals surface area contributed by atoms with Crippen LogP contribution >= 0.6 is 0 Å². The number of hydrogen-bond acceptors (Lipinski definition) is 4. The standard InChI is InChI=1S/C24H22N2O3/c1-14-5-7-16(8-6-14)17-12-20-22(25-13-17)19(11-15(2)23(20)29-4)18-9-10-21(28-3)26-24(18)27/h5-13H,1-4H3,(H,26,27). The fraction of sp³-hybridized carbons (Fsp3) is 0.167. The van der Waals surface area contributed by atoms with Crippen LogP contribution in [0.2, 0.25) is 0 Å². The number of nitrogens with one attached hydrogen (secondary N) is 1. The van der Waals surface area contributed by atoms with Crippen molar-refractivity contribution in [2.24, 2.45) is 0 Å². The van der Waals surface area contributed by atoms with Crippen molar-refractivity contribution in [3.05, 3.63) is 76.2 Å². The summed E-state index contributed by atoms with van der Waals surface area (Å²) in [6.45, 7) is 4.03. The smallest absolute Gasteiger partial charge is 0.258 e. The second-order valence-electron chi connectivity index (χ2n) is 7.03. The van der Waals surface area contributed by atoms with E-state index < -0.39 is 0 Å². The molecule has 0 spiro atoms. The van der Waals surface area contributed by atoms with E-state index in [0.29, 0.717) is 11.4 Å². The van der Waals surface area contributed by atoms with E-state index in [1.807, 2.05) is 19.2 Å². The Labute approximate surface area is 169 Å². The maximum atomic E-state index is 12.6. The summed E-state index contributed by atoms with van der Waals surface area (Å²) in [6, 6.07) is 15.8. The zero-order chi connectivity index (χ0) is 20.5. The molecule has 29 heavy (non-hydrogen) atoms. The number of aromatic nitrogens is 2. The highest BCUT2D eigenvalue weighted by Gasteiger charge is 2.16. The van der Waals surface area contributed by atoms with Crippen molar-refractivity contribution < 1.29 is 9.47 Å². The monoisotopic (exact) mass is 386 g/mol. The van der Waals surface area contributed by atoms with Crippen molar-refractivity contribution in [1.82, 2.24) is 9.97 Å². The van der Waals surface area contributed by atoms with E-state index >= 15 is 0 Å². The van der Waals surface area contributed by atoms with Gasteiger partial charge in [-0.05, 0) is 49.2 Å². The molecule has 2 aromatic carbocycles. The van der Waals surface area contributed by atoms with Crippen LogP contribution in [0.1, 0.15) is 11.1 Å². The van der Waals surface area contributed by atoms with Crippen molar-refractivity contribution in [1.29, 1.82) is 0 Å². The summed E-state index contributed by atoms with van der Waals surface area (Å²) >= 11 is 0. The van der Waals surface area contributed by atoms with Crippen molar-refractivity contribution in [3.8, 4) is 33.9 Å². The molecule has 2 aromatic heterocycles. The Balaban J connectivity index is 1.98. The van der Waals surface area contributed by atoms with Crippen molar-refractivity contribution in [2.75, 3.05) is 14.2 Å². The third kappa shape index (κ3) is 3.36. The average Bonchev–Trinajstić information content (AvgIpc) is 2.73. The van der Waals surface area contributed by atoms with Crippen LogP contribution in [0.4, 0.5) is 0 Å². The van der Waals surface area contributed by atoms with Crippen molar-refractivity contribution >= 4 is 10.9 Å². The maximum absolute atomic E-state index is 12.6. The van der Waals surface area contributed by atoms with Gasteiger partial charge in [-0.15, -0.1) is 0 Å². The van der Waals surface area contributed by atoms with E-state index in [0.717, 1.165) is 38.9 Å². The van der Waals surface area contributed by atoms with Crippen LogP contribution in [-0.2, 0) is 0 Å². The summed E-state index contributed by atoms with van der Waals surface area (Å²) in [5.74, 6) is 1.18. The molecule has 0 atom stereocenters. The fourth-order valence-electron chi connectivity index (χ4n) is 3.58. The summed E-state index contributed by atoms with van der Waals surface area (Å²) < 4.78 is 10.8. The molecule has 2 heterocycles. The van der Waals surface area contributed by atoms with Gasteiger partial charge in [0, 0.05) is 28.3 Å². The Morgan fingerprint density at radius 2 is 1.62 bits per heavy atom. The van der Waals surface area contributed by atoms with E-state index in [1.54, 1.807) is 19.2 Å². The number of ether oxygens (including phenoxy) is 2. The highest BCUT2D eigenvalue weighted by molar-refractivity contribution is 6.00. The van der Waals surface area contributed by atoms with Crippen molar-refractivity contribution in [2.45, 2.75) is 13.8 Å². The maximum Gasteiger partial charge on any atom is 0.258 e. The number of benzene rings is 2. The van der Waals surface area contributed by atoms with Crippen LogP contribution in [0.15, 0.2) is 59.5 Å². The molecule has 0 aliphatic carbocycles. The summed E-state index contributed by atoms with van der Waals surface area (Å²) in [4.78, 5) is 20.1. The number of methoxy groups -OCH3 is 2. The van der Waals surface area contributed by atoms with Crippen LogP contribution in [0.25, 0.3) is 33.2 Å². The van der Waals surface area contributed by atoms with E-state index in [9.17, 15) is 4.79 Å². The SMILES string of the molecule is COc1ccc(-c2cc(C)c(OC)c3cc(-c4ccc(C)cc4)cnc23)c(=O)[nH]1. The fourth-order valence-corrected chi connectivity index (χ4v) is 3.58. The van der Waals surface area contributed by atoms with Crippen LogP contribution in [0, 0.1) is 13.8 Å². The predicted octanol–water partition coefficient (Wildman–Crippen LogP) is 4.89. The molecular formula is C24H22N2O3. The molecule has 0 radical (unpaired) electrons. The van der Waals surface area contributed by atoms with Gasteiger partial charge >= 0.3 is 0 Å². The van der Waals surface area contributed by atoms with Gasteiger partial charge in [-0.1, -0.05) is 29.8 Å². The molecule has 0 aliphatic rings. The zero-order valence-electron chi connectivity index (χ0n) is 16.9. The van der Waals surface area contributed by atoms with Gasteiger partial charge in [0.2, 0.25) is 0 Å². The van der Waals surface area contributed by atoms with Crippen LogP contribution in [0.5, 0.6) is 11.6 Å². The number of hydrogen-bond donors (Lipinski definition) is 1. The highest BCUT2D eigenvalue weighted by atomic mass is 16.5. The Kier molecular flexibility index (Phi) is 4.80. The largest absolute Gasteiger partial charge is 0.496 e. The molecule has 0 saturated carbocycles. The predicted molar refractivity (Wildman–Crippen MR) is 116 cm³/mol. The Morgan fingerprint density at radius 3 is 2.28 bits per heavy atom. The first-order valence-corrected chi connectivity index (χ1v) is 9.34. The molecule has 0 aliphatic heterocycles. The van der Waals surface area contributed by atoms with Gasteiger partial charge in [-0.2, -0.15) is 0 Å². The minimum absolute atomic E-state index is 0.223. The summed E-state index contributed by atoms with van der Waals surface area (Å²) in [5, 5.41) is 0.871. The quantitative estimate of drug-likeness (QED) is 0.542. The second-order valence-corrected chi connectivity index (χ2v) is 7.03. The lowest BCUT2D eigenvalue weighted by molar-refractivity contribution is 0.397. The number of aryl methyl sites for hydroxylation is 2. The van der Waals surface area contributed by atoms with Gasteiger partial charge in [0.15, 0.2) is 5.88 Å². The molecule has 0 saturated heterocycles. The lowest BCUT2D eigenvalue weighted by Gasteiger charge is -2.14. The van der Waals surface area contributed by atoms with Crippen LogP contribution in [-0.4, -0.2) is 24.2 Å². The highest BCUT2D eigenvalue weighted by Crippen LogP contribution is 2.37. The normalized spacial score (nSPS) is 10.9. The lowest BCUT2D eigenvalue weighted by atomic mass is 9.97. The molecule has 4 rings (SSSR count). The van der Waals surface area contributed by atoms with Gasteiger partial charge in [0.25, 0.3) is 5.56 Å². The first kappa shape index (κ1) is 18.7. The number of rotatable bonds is 4. The Hall–Kier alpha value is -3.60. The van der Waals surface area contributed by atoms with Crippen molar-refractivity contribution in [3.63, 3.8) is 0 Å². The summed E-state index contributed by atoms with van der Waals surface area (Å²) in [7, 11) is 3.17. The van der Waals surface area contributed by atoms with Crippen LogP contribution < -0.4 is 15.0 Å². The molecule has 1 N–H and O–H groups in total. The van der Waals surface area contributed by atoms with Gasteiger partial charge in [0.1, 0.15) is 5.75 Å². The zero-order valence-corrected chi connectivity index (χ0v) is 16.9. The first-order valence-electron chi connectivity index (χ1n) is 9.34. The molecule has 0 fully saturated rings. The van der Waals surface area contributed by atoms with Gasteiger partial charge in [-0.25, -0.2) is 0 Å². The third-order valence-corrected chi connectivity index (χ3v) is 5.09. The van der Waals surface area contributed by atoms with Crippen LogP contribution in [0.3, 0.4) is 0 Å². The van der Waals surface area contributed by atoms with E-state index in [4.69, 9.17) is 14.5 Å². The van der Waals surface area contributed by atoms with Gasteiger partial charge in [-0.3, -0.25) is 14.8 Å². The first-order chi connectivity index (χ1) is 14.0. The minimum Gasteiger partial charge on any atom is -0.496 e. The Bertz CT molecular complexity index is 1260. The second kappa shape index (κ2) is 7.43. The van der Waals surface area contributed by atoms with E-state index in [-0.39, 0.29) is 5.56 Å². The van der Waals surface area contributed by atoms with Gasteiger partial charge < -0.3 is 9.47 Å². The lowest BCUT2D eigenvalue weighted by Crippen LogP contribution is -2.10. The molecule has 4 aromatic rings. The molecule has 146 valence electrons. The van der Waals surface area contributed by atoms with E-state index in [2.05, 4.69) is 42.2 Å². The topological polar surface area (TPSA) is 64.2 Å². The molecule has 0 bridgehead atoms.